The molecule has 0 saturated carbocycles. The predicted octanol–water partition coefficient (Wildman–Crippen LogP) is 3.23. The minimum Gasteiger partial charge on any atom is -0.334 e. The van der Waals surface area contributed by atoms with Gasteiger partial charge in [-0.2, -0.15) is 11.3 Å². The lowest BCUT2D eigenvalue weighted by Crippen LogP contribution is -2.36. The molecule has 2 amide bonds. The zero-order valence-electron chi connectivity index (χ0n) is 10.6. The van der Waals surface area contributed by atoms with Crippen LogP contribution in [0.4, 0.5) is 9.18 Å². The number of carbonyl (C=O) groups is 1. The van der Waals surface area contributed by atoms with Crippen LogP contribution in [0.25, 0.3) is 0 Å². The quantitative estimate of drug-likeness (QED) is 0.915. The van der Waals surface area contributed by atoms with Crippen molar-refractivity contribution in [3.05, 3.63) is 58.0 Å². The van der Waals surface area contributed by atoms with Gasteiger partial charge in [0.1, 0.15) is 5.82 Å². The van der Waals surface area contributed by atoms with Crippen LogP contribution in [0.5, 0.6) is 0 Å². The Morgan fingerprint density at radius 3 is 2.63 bits per heavy atom. The Labute approximate surface area is 115 Å². The van der Waals surface area contributed by atoms with Gasteiger partial charge in [-0.1, -0.05) is 12.1 Å². The van der Waals surface area contributed by atoms with Crippen molar-refractivity contribution in [3.8, 4) is 0 Å². The summed E-state index contributed by atoms with van der Waals surface area (Å²) in [6, 6.07) is 7.94. The predicted molar refractivity (Wildman–Crippen MR) is 74.4 cm³/mol. The van der Waals surface area contributed by atoms with Gasteiger partial charge in [0.15, 0.2) is 0 Å². The number of thiophene rings is 1. The van der Waals surface area contributed by atoms with Crippen LogP contribution in [0.15, 0.2) is 41.1 Å². The molecule has 19 heavy (non-hydrogen) atoms. The van der Waals surface area contributed by atoms with Crippen LogP contribution in [0, 0.1) is 5.82 Å². The maximum atomic E-state index is 12.7. The topological polar surface area (TPSA) is 32.3 Å². The summed E-state index contributed by atoms with van der Waals surface area (Å²) in [5.74, 6) is -0.273. The summed E-state index contributed by atoms with van der Waals surface area (Å²) in [7, 11) is 1.75. The van der Waals surface area contributed by atoms with Crippen molar-refractivity contribution in [1.29, 1.82) is 0 Å². The first kappa shape index (κ1) is 13.5. The van der Waals surface area contributed by atoms with Crippen molar-refractivity contribution >= 4 is 17.4 Å². The van der Waals surface area contributed by atoms with E-state index in [0.717, 1.165) is 11.1 Å². The Balaban J connectivity index is 1.82. The number of hydrogen-bond acceptors (Lipinski definition) is 2. The van der Waals surface area contributed by atoms with Crippen LogP contribution < -0.4 is 5.32 Å². The largest absolute Gasteiger partial charge is 0.334 e. The molecule has 0 aliphatic carbocycles. The second-order valence-electron chi connectivity index (χ2n) is 4.27. The molecule has 2 rings (SSSR count). The molecule has 1 aromatic carbocycles. The molecule has 1 aromatic heterocycles. The van der Waals surface area contributed by atoms with E-state index in [-0.39, 0.29) is 11.8 Å². The van der Waals surface area contributed by atoms with Gasteiger partial charge in [0.25, 0.3) is 0 Å². The average molecular weight is 278 g/mol. The third-order valence-electron chi connectivity index (χ3n) is 2.70. The van der Waals surface area contributed by atoms with Gasteiger partial charge in [0, 0.05) is 20.1 Å². The standard InChI is InChI=1S/C14H15FN2OS/c1-17(9-12-6-7-19-10-12)14(18)16-8-11-2-4-13(15)5-3-11/h2-7,10H,8-9H2,1H3,(H,16,18). The lowest BCUT2D eigenvalue weighted by atomic mass is 10.2. The Morgan fingerprint density at radius 1 is 1.26 bits per heavy atom. The van der Waals surface area contributed by atoms with E-state index in [1.54, 1.807) is 35.4 Å². The maximum absolute atomic E-state index is 12.7. The molecule has 1 heterocycles. The third-order valence-corrected chi connectivity index (χ3v) is 3.44. The number of urea groups is 1. The van der Waals surface area contributed by atoms with Crippen LogP contribution in [-0.2, 0) is 13.1 Å². The van der Waals surface area contributed by atoms with Crippen molar-refractivity contribution in [2.24, 2.45) is 0 Å². The number of nitrogens with zero attached hydrogens (tertiary/aromatic N) is 1. The molecule has 0 spiro atoms. The summed E-state index contributed by atoms with van der Waals surface area (Å²) in [5, 5.41) is 6.80. The van der Waals surface area contributed by atoms with Gasteiger partial charge >= 0.3 is 6.03 Å². The number of hydrogen-bond donors (Lipinski definition) is 1. The van der Waals surface area contributed by atoms with Crippen LogP contribution in [-0.4, -0.2) is 18.0 Å². The van der Waals surface area contributed by atoms with Gasteiger partial charge in [-0.3, -0.25) is 0 Å². The van der Waals surface area contributed by atoms with Crippen molar-refractivity contribution < 1.29 is 9.18 Å². The molecule has 0 unspecified atom stereocenters. The highest BCUT2D eigenvalue weighted by Crippen LogP contribution is 2.08. The number of halogens is 1. The van der Waals surface area contributed by atoms with E-state index in [1.165, 1.54) is 12.1 Å². The molecule has 0 atom stereocenters. The lowest BCUT2D eigenvalue weighted by Gasteiger charge is -2.17. The van der Waals surface area contributed by atoms with Gasteiger partial charge < -0.3 is 10.2 Å². The van der Waals surface area contributed by atoms with Gasteiger partial charge in [-0.05, 0) is 40.1 Å². The van der Waals surface area contributed by atoms with Gasteiger partial charge in [0.2, 0.25) is 0 Å². The monoisotopic (exact) mass is 278 g/mol. The van der Waals surface area contributed by atoms with Crippen molar-refractivity contribution in [2.45, 2.75) is 13.1 Å². The first-order chi connectivity index (χ1) is 9.15. The SMILES string of the molecule is CN(Cc1ccsc1)C(=O)NCc1ccc(F)cc1. The highest BCUT2D eigenvalue weighted by Gasteiger charge is 2.08. The highest BCUT2D eigenvalue weighted by molar-refractivity contribution is 7.07. The first-order valence-corrected chi connectivity index (χ1v) is 6.84. The molecule has 2 aromatic rings. The van der Waals surface area contributed by atoms with Crippen molar-refractivity contribution in [3.63, 3.8) is 0 Å². The summed E-state index contributed by atoms with van der Waals surface area (Å²) in [6.45, 7) is 0.978. The Morgan fingerprint density at radius 2 is 2.00 bits per heavy atom. The van der Waals surface area contributed by atoms with E-state index in [0.29, 0.717) is 13.1 Å². The molecule has 0 radical (unpaired) electrons. The summed E-state index contributed by atoms with van der Waals surface area (Å²) >= 11 is 1.61. The fourth-order valence-electron chi connectivity index (χ4n) is 1.64. The number of benzene rings is 1. The number of carbonyl (C=O) groups excluding carboxylic acids is 1. The van der Waals surface area contributed by atoms with E-state index >= 15 is 0 Å². The lowest BCUT2D eigenvalue weighted by molar-refractivity contribution is 0.206. The molecule has 0 aliphatic rings. The minimum atomic E-state index is -0.273. The van der Waals surface area contributed by atoms with Crippen molar-refractivity contribution in [1.82, 2.24) is 10.2 Å². The molecule has 5 heteroatoms. The van der Waals surface area contributed by atoms with Crippen LogP contribution in [0.1, 0.15) is 11.1 Å². The molecule has 1 N–H and O–H groups in total. The number of nitrogens with one attached hydrogen (secondary N) is 1. The zero-order valence-corrected chi connectivity index (χ0v) is 11.4. The first-order valence-electron chi connectivity index (χ1n) is 5.89. The highest BCUT2D eigenvalue weighted by atomic mass is 32.1. The number of rotatable bonds is 4. The summed E-state index contributed by atoms with van der Waals surface area (Å²) in [4.78, 5) is 13.5. The normalized spacial score (nSPS) is 10.2. The fraction of sp³-hybridized carbons (Fsp3) is 0.214. The van der Waals surface area contributed by atoms with E-state index in [1.807, 2.05) is 16.8 Å². The molecule has 100 valence electrons. The van der Waals surface area contributed by atoms with E-state index in [2.05, 4.69) is 5.32 Å². The third kappa shape index (κ3) is 4.06. The van der Waals surface area contributed by atoms with E-state index in [4.69, 9.17) is 0 Å². The summed E-state index contributed by atoms with van der Waals surface area (Å²) < 4.78 is 12.7. The molecule has 0 bridgehead atoms. The molecule has 3 nitrogen and oxygen atoms in total. The summed E-state index contributed by atoms with van der Waals surface area (Å²) in [6.07, 6.45) is 0. The Bertz CT molecular complexity index is 525. The Kier molecular flexibility index (Phi) is 4.52. The minimum absolute atomic E-state index is 0.143. The van der Waals surface area contributed by atoms with Gasteiger partial charge in [-0.15, -0.1) is 0 Å². The zero-order chi connectivity index (χ0) is 13.7. The molecule has 0 fully saturated rings. The molecule has 0 aliphatic heterocycles. The second-order valence-corrected chi connectivity index (χ2v) is 5.05. The fourth-order valence-corrected chi connectivity index (χ4v) is 2.30. The molecular weight excluding hydrogens is 263 g/mol. The Hall–Kier alpha value is -1.88. The average Bonchev–Trinajstić information content (AvgIpc) is 2.90. The maximum Gasteiger partial charge on any atom is 0.317 e. The van der Waals surface area contributed by atoms with Gasteiger partial charge in [0.05, 0.1) is 0 Å². The van der Waals surface area contributed by atoms with Crippen molar-refractivity contribution in [2.75, 3.05) is 7.05 Å². The number of amides is 2. The van der Waals surface area contributed by atoms with Gasteiger partial charge in [-0.25, -0.2) is 9.18 Å². The van der Waals surface area contributed by atoms with Crippen LogP contribution in [0.3, 0.4) is 0 Å². The van der Waals surface area contributed by atoms with E-state index < -0.39 is 0 Å². The van der Waals surface area contributed by atoms with Crippen LogP contribution >= 0.6 is 11.3 Å². The van der Waals surface area contributed by atoms with E-state index in [9.17, 15) is 9.18 Å². The second kappa shape index (κ2) is 6.33. The smallest absolute Gasteiger partial charge is 0.317 e. The molecule has 0 saturated heterocycles. The molecular formula is C14H15FN2OS. The summed E-state index contributed by atoms with van der Waals surface area (Å²) in [5.41, 5.74) is 1.99. The van der Waals surface area contributed by atoms with Crippen LogP contribution in [0.2, 0.25) is 0 Å².